The normalized spacial score (nSPS) is 13.7. The second kappa shape index (κ2) is 8.64. The number of anilines is 1. The lowest BCUT2D eigenvalue weighted by Gasteiger charge is -2.16. The molecule has 0 spiro atoms. The van der Waals surface area contributed by atoms with Gasteiger partial charge in [-0.25, -0.2) is 0 Å². The minimum atomic E-state index is -0.0903. The number of nitrogens with zero attached hydrogens (tertiary/aromatic N) is 4. The number of aromatic nitrogens is 3. The first-order valence-corrected chi connectivity index (χ1v) is 9.58. The zero-order chi connectivity index (χ0) is 20.1. The Morgan fingerprint density at radius 3 is 2.66 bits per heavy atom. The highest BCUT2D eigenvalue weighted by Gasteiger charge is 2.21. The minimum absolute atomic E-state index is 0.0903. The molecular formula is C21H21N5O3. The van der Waals surface area contributed by atoms with Gasteiger partial charge in [-0.15, -0.1) is 0 Å². The Labute approximate surface area is 167 Å². The van der Waals surface area contributed by atoms with Crippen LogP contribution in [0.15, 0.2) is 53.3 Å². The lowest BCUT2D eigenvalue weighted by atomic mass is 10.2. The van der Waals surface area contributed by atoms with Crippen molar-refractivity contribution in [3.63, 3.8) is 0 Å². The molecule has 0 aliphatic carbocycles. The van der Waals surface area contributed by atoms with Gasteiger partial charge in [-0.1, -0.05) is 17.3 Å². The molecule has 1 aromatic carbocycles. The van der Waals surface area contributed by atoms with Crippen molar-refractivity contribution in [2.45, 2.75) is 32.2 Å². The van der Waals surface area contributed by atoms with E-state index in [0.29, 0.717) is 31.1 Å². The van der Waals surface area contributed by atoms with Gasteiger partial charge in [0.25, 0.3) is 0 Å². The average Bonchev–Trinajstić information content (AvgIpc) is 3.41. The Bertz CT molecular complexity index is 985. The summed E-state index contributed by atoms with van der Waals surface area (Å²) >= 11 is 0. The third kappa shape index (κ3) is 4.66. The minimum Gasteiger partial charge on any atom is -0.352 e. The lowest BCUT2D eigenvalue weighted by molar-refractivity contribution is -0.121. The van der Waals surface area contributed by atoms with E-state index in [1.807, 2.05) is 24.3 Å². The predicted molar refractivity (Wildman–Crippen MR) is 106 cm³/mol. The van der Waals surface area contributed by atoms with E-state index in [-0.39, 0.29) is 18.2 Å². The van der Waals surface area contributed by atoms with Crippen LogP contribution in [-0.4, -0.2) is 33.5 Å². The summed E-state index contributed by atoms with van der Waals surface area (Å²) in [6.07, 6.45) is 5.48. The molecule has 2 aromatic heterocycles. The summed E-state index contributed by atoms with van der Waals surface area (Å²) < 4.78 is 5.21. The van der Waals surface area contributed by atoms with Gasteiger partial charge in [0.2, 0.25) is 23.5 Å². The quantitative estimate of drug-likeness (QED) is 0.664. The van der Waals surface area contributed by atoms with Crippen molar-refractivity contribution >= 4 is 17.5 Å². The Kier molecular flexibility index (Phi) is 5.60. The molecule has 3 aromatic rings. The van der Waals surface area contributed by atoms with E-state index in [4.69, 9.17) is 4.52 Å². The van der Waals surface area contributed by atoms with Gasteiger partial charge in [0.1, 0.15) is 0 Å². The van der Waals surface area contributed by atoms with E-state index in [0.717, 1.165) is 29.8 Å². The van der Waals surface area contributed by atoms with Crippen LogP contribution < -0.4 is 10.2 Å². The molecule has 1 aliphatic heterocycles. The zero-order valence-corrected chi connectivity index (χ0v) is 15.9. The summed E-state index contributed by atoms with van der Waals surface area (Å²) in [5.41, 5.74) is 2.70. The topological polar surface area (TPSA) is 101 Å². The van der Waals surface area contributed by atoms with Crippen molar-refractivity contribution in [3.05, 3.63) is 60.2 Å². The molecule has 0 bridgehead atoms. The molecule has 0 saturated carbocycles. The fraction of sp³-hybridized carbons (Fsp3) is 0.286. The molecule has 0 unspecified atom stereocenters. The summed E-state index contributed by atoms with van der Waals surface area (Å²) in [6.45, 7) is 1.20. The summed E-state index contributed by atoms with van der Waals surface area (Å²) in [5.74, 6) is 0.984. The molecule has 3 heterocycles. The van der Waals surface area contributed by atoms with Crippen LogP contribution in [-0.2, 0) is 22.6 Å². The first-order chi connectivity index (χ1) is 14.2. The van der Waals surface area contributed by atoms with Crippen LogP contribution in [0.1, 0.15) is 30.7 Å². The number of hydrogen-bond acceptors (Lipinski definition) is 6. The lowest BCUT2D eigenvalue weighted by Crippen LogP contribution is -2.24. The number of aryl methyl sites for hydroxylation is 1. The Morgan fingerprint density at radius 2 is 1.93 bits per heavy atom. The zero-order valence-electron chi connectivity index (χ0n) is 15.9. The highest BCUT2D eigenvalue weighted by Crippen LogP contribution is 2.21. The first-order valence-electron chi connectivity index (χ1n) is 9.58. The third-order valence-corrected chi connectivity index (χ3v) is 4.78. The van der Waals surface area contributed by atoms with Crippen molar-refractivity contribution in [1.82, 2.24) is 20.4 Å². The van der Waals surface area contributed by atoms with Crippen molar-refractivity contribution in [2.75, 3.05) is 11.4 Å². The molecule has 4 rings (SSSR count). The van der Waals surface area contributed by atoms with E-state index in [2.05, 4.69) is 20.4 Å². The number of carbonyl (C=O) groups is 2. The number of hydrogen-bond donors (Lipinski definition) is 1. The van der Waals surface area contributed by atoms with Crippen LogP contribution in [0.5, 0.6) is 0 Å². The summed E-state index contributed by atoms with van der Waals surface area (Å²) in [7, 11) is 0. The Balaban J connectivity index is 1.24. The molecule has 8 nitrogen and oxygen atoms in total. The maximum Gasteiger partial charge on any atom is 0.227 e. The first kappa shape index (κ1) is 18.8. The molecule has 0 radical (unpaired) electrons. The van der Waals surface area contributed by atoms with Crippen LogP contribution in [0.4, 0.5) is 5.69 Å². The van der Waals surface area contributed by atoms with Crippen LogP contribution in [0, 0.1) is 0 Å². The van der Waals surface area contributed by atoms with E-state index in [9.17, 15) is 9.59 Å². The monoisotopic (exact) mass is 391 g/mol. The van der Waals surface area contributed by atoms with Crippen molar-refractivity contribution in [1.29, 1.82) is 0 Å². The van der Waals surface area contributed by atoms with Crippen molar-refractivity contribution < 1.29 is 14.1 Å². The fourth-order valence-electron chi connectivity index (χ4n) is 3.20. The number of amides is 2. The second-order valence-electron chi connectivity index (χ2n) is 6.84. The standard InChI is InChI=1S/C21H21N5O3/c27-18(7-8-19-24-21(25-29-19)16-9-11-22-12-10-16)23-14-15-3-5-17(6-4-15)26-13-1-2-20(26)28/h3-6,9-12H,1-2,7-8,13-14H2,(H,23,27). The largest absolute Gasteiger partial charge is 0.352 e. The molecule has 1 fully saturated rings. The SMILES string of the molecule is O=C(CCc1nc(-c2ccncc2)no1)NCc1ccc(N2CCCC2=O)cc1. The van der Waals surface area contributed by atoms with Gasteiger partial charge < -0.3 is 14.7 Å². The van der Waals surface area contributed by atoms with Crippen molar-refractivity contribution in [3.8, 4) is 11.4 Å². The Morgan fingerprint density at radius 1 is 1.14 bits per heavy atom. The molecule has 29 heavy (non-hydrogen) atoms. The van der Waals surface area contributed by atoms with Crippen LogP contribution in [0.2, 0.25) is 0 Å². The molecule has 0 atom stereocenters. The summed E-state index contributed by atoms with van der Waals surface area (Å²) in [5, 5.41) is 6.82. The third-order valence-electron chi connectivity index (χ3n) is 4.78. The van der Waals surface area contributed by atoms with E-state index in [1.54, 1.807) is 29.4 Å². The molecule has 1 aliphatic rings. The predicted octanol–water partition coefficient (Wildman–Crippen LogP) is 2.51. The number of nitrogens with one attached hydrogen (secondary N) is 1. The highest BCUT2D eigenvalue weighted by atomic mass is 16.5. The summed E-state index contributed by atoms with van der Waals surface area (Å²) in [6, 6.07) is 11.3. The maximum atomic E-state index is 12.1. The van der Waals surface area contributed by atoms with Gasteiger partial charge in [-0.2, -0.15) is 4.98 Å². The molecule has 1 N–H and O–H groups in total. The number of benzene rings is 1. The van der Waals surface area contributed by atoms with Gasteiger partial charge in [-0.3, -0.25) is 14.6 Å². The van der Waals surface area contributed by atoms with Gasteiger partial charge in [0.05, 0.1) is 0 Å². The highest BCUT2D eigenvalue weighted by molar-refractivity contribution is 5.95. The molecule has 148 valence electrons. The van der Waals surface area contributed by atoms with Gasteiger partial charge in [0.15, 0.2) is 0 Å². The van der Waals surface area contributed by atoms with Gasteiger partial charge in [-0.05, 0) is 36.2 Å². The van der Waals surface area contributed by atoms with Gasteiger partial charge >= 0.3 is 0 Å². The van der Waals surface area contributed by atoms with Crippen LogP contribution in [0.25, 0.3) is 11.4 Å². The Hall–Kier alpha value is -3.55. The molecule has 8 heteroatoms. The van der Waals surface area contributed by atoms with Crippen LogP contribution >= 0.6 is 0 Å². The number of carbonyl (C=O) groups excluding carboxylic acids is 2. The maximum absolute atomic E-state index is 12.1. The smallest absolute Gasteiger partial charge is 0.227 e. The van der Waals surface area contributed by atoms with E-state index in [1.165, 1.54) is 0 Å². The number of pyridine rings is 1. The fourth-order valence-corrected chi connectivity index (χ4v) is 3.20. The van der Waals surface area contributed by atoms with E-state index < -0.39 is 0 Å². The summed E-state index contributed by atoms with van der Waals surface area (Å²) in [4.78, 5) is 34.0. The second-order valence-corrected chi connectivity index (χ2v) is 6.84. The molecule has 1 saturated heterocycles. The van der Waals surface area contributed by atoms with Gasteiger partial charge in [0, 0.05) is 56.0 Å². The molecule has 2 amide bonds. The number of rotatable bonds is 7. The molecular weight excluding hydrogens is 370 g/mol. The van der Waals surface area contributed by atoms with Crippen molar-refractivity contribution in [2.24, 2.45) is 0 Å². The van der Waals surface area contributed by atoms with E-state index >= 15 is 0 Å². The average molecular weight is 391 g/mol. The van der Waals surface area contributed by atoms with Crippen LogP contribution in [0.3, 0.4) is 0 Å².